The van der Waals surface area contributed by atoms with Crippen molar-refractivity contribution in [2.45, 2.75) is 39.3 Å². The fourth-order valence-electron chi connectivity index (χ4n) is 4.85. The Balaban J connectivity index is 1.28. The summed E-state index contributed by atoms with van der Waals surface area (Å²) in [5.74, 6) is 0.820. The smallest absolute Gasteiger partial charge is 0.231 e. The second-order valence-corrected chi connectivity index (χ2v) is 10.8. The standard InChI is InChI=1S/C31H34N2O3/c1-31(2,3)24-11-9-22(10-12-24)19-28-29(35)25-13-14-27(34)26(30(25)36-28)21-33-17-15-32(16-18-33)20-23-7-5-4-6-8-23/h4-14,19,34H,15-18,20-21H2,1-3H3/b28-19-. The summed E-state index contributed by atoms with van der Waals surface area (Å²) < 4.78 is 6.09. The van der Waals surface area contributed by atoms with Crippen LogP contribution < -0.4 is 4.74 Å². The number of piperazine rings is 1. The van der Waals surface area contributed by atoms with Crippen LogP contribution in [0.5, 0.6) is 11.5 Å². The lowest BCUT2D eigenvalue weighted by Crippen LogP contribution is -2.45. The molecule has 0 atom stereocenters. The highest BCUT2D eigenvalue weighted by Gasteiger charge is 2.32. The summed E-state index contributed by atoms with van der Waals surface area (Å²) in [6.07, 6.45) is 1.79. The predicted molar refractivity (Wildman–Crippen MR) is 143 cm³/mol. The van der Waals surface area contributed by atoms with Crippen LogP contribution >= 0.6 is 0 Å². The average Bonchev–Trinajstić information content (AvgIpc) is 3.17. The highest BCUT2D eigenvalue weighted by molar-refractivity contribution is 6.15. The van der Waals surface area contributed by atoms with Crippen LogP contribution in [0.15, 0.2) is 72.5 Å². The maximum absolute atomic E-state index is 13.1. The zero-order valence-electron chi connectivity index (χ0n) is 21.3. The summed E-state index contributed by atoms with van der Waals surface area (Å²) in [6.45, 7) is 11.7. The molecule has 2 aliphatic rings. The van der Waals surface area contributed by atoms with E-state index < -0.39 is 0 Å². The lowest BCUT2D eigenvalue weighted by molar-refractivity contribution is 0.101. The Kier molecular flexibility index (Phi) is 6.69. The van der Waals surface area contributed by atoms with Crippen LogP contribution in [0.3, 0.4) is 0 Å². The molecule has 1 N–H and O–H groups in total. The van der Waals surface area contributed by atoms with Crippen molar-refractivity contribution in [1.82, 2.24) is 9.80 Å². The molecule has 1 fully saturated rings. The molecule has 5 nitrogen and oxygen atoms in total. The van der Waals surface area contributed by atoms with Gasteiger partial charge in [0, 0.05) is 39.3 Å². The van der Waals surface area contributed by atoms with Gasteiger partial charge in [0.05, 0.1) is 11.1 Å². The molecular weight excluding hydrogens is 448 g/mol. The van der Waals surface area contributed by atoms with Gasteiger partial charge in [0.25, 0.3) is 0 Å². The fourth-order valence-corrected chi connectivity index (χ4v) is 4.85. The maximum atomic E-state index is 13.1. The number of carbonyl (C=O) groups excluding carboxylic acids is 1. The molecule has 5 rings (SSSR count). The summed E-state index contributed by atoms with van der Waals surface area (Å²) in [4.78, 5) is 17.9. The first-order valence-electron chi connectivity index (χ1n) is 12.7. The SMILES string of the molecule is CC(C)(C)c1ccc(/C=C2\Oc3c(ccc(O)c3CN3CCN(Cc4ccccc4)CC3)C2=O)cc1. The highest BCUT2D eigenvalue weighted by Crippen LogP contribution is 2.40. The number of ether oxygens (including phenoxy) is 1. The van der Waals surface area contributed by atoms with Crippen molar-refractivity contribution in [2.24, 2.45) is 0 Å². The summed E-state index contributed by atoms with van der Waals surface area (Å²) in [5.41, 5.74) is 4.75. The van der Waals surface area contributed by atoms with Crippen molar-refractivity contribution in [3.05, 3.63) is 100 Å². The molecular formula is C31H34N2O3. The number of benzene rings is 3. The topological polar surface area (TPSA) is 53.0 Å². The van der Waals surface area contributed by atoms with Gasteiger partial charge >= 0.3 is 0 Å². The number of hydrogen-bond acceptors (Lipinski definition) is 5. The highest BCUT2D eigenvalue weighted by atomic mass is 16.5. The van der Waals surface area contributed by atoms with Crippen LogP contribution in [0, 0.1) is 0 Å². The molecule has 5 heteroatoms. The van der Waals surface area contributed by atoms with Gasteiger partial charge in [-0.05, 0) is 40.3 Å². The molecule has 0 saturated carbocycles. The lowest BCUT2D eigenvalue weighted by atomic mass is 9.86. The van der Waals surface area contributed by atoms with E-state index >= 15 is 0 Å². The van der Waals surface area contributed by atoms with Crippen LogP contribution in [0.1, 0.15) is 53.4 Å². The molecule has 0 bridgehead atoms. The Labute approximate surface area is 213 Å². The van der Waals surface area contributed by atoms with Gasteiger partial charge in [-0.1, -0.05) is 75.4 Å². The van der Waals surface area contributed by atoms with Crippen LogP contribution in [0.25, 0.3) is 6.08 Å². The Bertz CT molecular complexity index is 1270. The number of hydrogen-bond donors (Lipinski definition) is 1. The number of phenolic OH excluding ortho intramolecular Hbond substituents is 1. The number of carbonyl (C=O) groups is 1. The molecule has 2 aliphatic heterocycles. The van der Waals surface area contributed by atoms with Gasteiger partial charge in [-0.3, -0.25) is 14.6 Å². The summed E-state index contributed by atoms with van der Waals surface area (Å²) in [7, 11) is 0. The van der Waals surface area contributed by atoms with E-state index in [4.69, 9.17) is 4.74 Å². The largest absolute Gasteiger partial charge is 0.507 e. The van der Waals surface area contributed by atoms with Crippen molar-refractivity contribution >= 4 is 11.9 Å². The average molecular weight is 483 g/mol. The minimum absolute atomic E-state index is 0.0705. The van der Waals surface area contributed by atoms with Crippen molar-refractivity contribution in [1.29, 1.82) is 0 Å². The Morgan fingerprint density at radius 1 is 0.861 bits per heavy atom. The maximum Gasteiger partial charge on any atom is 0.231 e. The van der Waals surface area contributed by atoms with Crippen molar-refractivity contribution in [3.63, 3.8) is 0 Å². The van der Waals surface area contributed by atoms with Crippen molar-refractivity contribution < 1.29 is 14.6 Å². The Morgan fingerprint density at radius 3 is 2.14 bits per heavy atom. The van der Waals surface area contributed by atoms with Gasteiger partial charge in [-0.2, -0.15) is 0 Å². The Morgan fingerprint density at radius 2 is 1.50 bits per heavy atom. The fraction of sp³-hybridized carbons (Fsp3) is 0.323. The molecule has 0 amide bonds. The molecule has 0 spiro atoms. The second kappa shape index (κ2) is 9.92. The molecule has 2 heterocycles. The van der Waals surface area contributed by atoms with E-state index in [1.54, 1.807) is 18.2 Å². The molecule has 0 aromatic heterocycles. The molecule has 0 radical (unpaired) electrons. The molecule has 0 unspecified atom stereocenters. The number of fused-ring (bicyclic) bond motifs is 1. The number of aromatic hydroxyl groups is 1. The number of ketones is 1. The van der Waals surface area contributed by atoms with Crippen LogP contribution in [-0.4, -0.2) is 46.9 Å². The second-order valence-electron chi connectivity index (χ2n) is 10.8. The zero-order valence-corrected chi connectivity index (χ0v) is 21.3. The normalized spacial score (nSPS) is 17.9. The van der Waals surface area contributed by atoms with E-state index in [1.165, 1.54) is 11.1 Å². The van der Waals surface area contributed by atoms with Gasteiger partial charge in [-0.25, -0.2) is 0 Å². The summed E-state index contributed by atoms with van der Waals surface area (Å²) >= 11 is 0. The minimum atomic E-state index is -0.140. The molecule has 36 heavy (non-hydrogen) atoms. The minimum Gasteiger partial charge on any atom is -0.507 e. The molecule has 0 aliphatic carbocycles. The van der Waals surface area contributed by atoms with E-state index in [-0.39, 0.29) is 16.9 Å². The summed E-state index contributed by atoms with van der Waals surface area (Å²) in [6, 6.07) is 22.0. The molecule has 3 aromatic carbocycles. The van der Waals surface area contributed by atoms with Gasteiger partial charge in [0.1, 0.15) is 11.5 Å². The third-order valence-electron chi connectivity index (χ3n) is 7.09. The first-order chi connectivity index (χ1) is 17.3. The number of allylic oxidation sites excluding steroid dienone is 1. The quantitative estimate of drug-likeness (QED) is 0.478. The van der Waals surface area contributed by atoms with Crippen LogP contribution in [-0.2, 0) is 18.5 Å². The van der Waals surface area contributed by atoms with E-state index in [0.717, 1.165) is 38.3 Å². The first-order valence-corrected chi connectivity index (χ1v) is 12.7. The number of Topliss-reactive ketones (excluding diaryl/α,β-unsaturated/α-hetero) is 1. The van der Waals surface area contributed by atoms with Gasteiger partial charge in [-0.15, -0.1) is 0 Å². The first kappa shape index (κ1) is 24.3. The van der Waals surface area contributed by atoms with E-state index in [2.05, 4.69) is 67.0 Å². The van der Waals surface area contributed by atoms with E-state index in [9.17, 15) is 9.90 Å². The molecule has 3 aromatic rings. The third-order valence-corrected chi connectivity index (χ3v) is 7.09. The van der Waals surface area contributed by atoms with Crippen molar-refractivity contribution in [3.8, 4) is 11.5 Å². The number of phenols is 1. The predicted octanol–water partition coefficient (Wildman–Crippen LogP) is 5.62. The van der Waals surface area contributed by atoms with Crippen LogP contribution in [0.2, 0.25) is 0 Å². The van der Waals surface area contributed by atoms with Gasteiger partial charge < -0.3 is 9.84 Å². The van der Waals surface area contributed by atoms with Gasteiger partial charge in [0.15, 0.2) is 5.76 Å². The lowest BCUT2D eigenvalue weighted by Gasteiger charge is -2.35. The third kappa shape index (κ3) is 5.23. The summed E-state index contributed by atoms with van der Waals surface area (Å²) in [5, 5.41) is 10.7. The Hall–Kier alpha value is -3.41. The monoisotopic (exact) mass is 482 g/mol. The number of rotatable bonds is 5. The molecule has 186 valence electrons. The molecule has 1 saturated heterocycles. The van der Waals surface area contributed by atoms with Gasteiger partial charge in [0.2, 0.25) is 5.78 Å². The van der Waals surface area contributed by atoms with E-state index in [0.29, 0.717) is 29.2 Å². The zero-order chi connectivity index (χ0) is 25.3. The van der Waals surface area contributed by atoms with Crippen LogP contribution in [0.4, 0.5) is 0 Å². The van der Waals surface area contributed by atoms with E-state index in [1.807, 2.05) is 18.2 Å². The van der Waals surface area contributed by atoms with Crippen molar-refractivity contribution in [2.75, 3.05) is 26.2 Å². The number of nitrogens with zero attached hydrogens (tertiary/aromatic N) is 2.